The SMILES string of the molecule is COCC(C)OCC(O)COc1ccc(CC(=O)O)cc1. The second-order valence-corrected chi connectivity index (χ2v) is 4.78. The molecule has 1 aromatic rings. The maximum absolute atomic E-state index is 10.6. The van der Waals surface area contributed by atoms with E-state index in [1.54, 1.807) is 31.4 Å². The Kier molecular flexibility index (Phi) is 7.74. The van der Waals surface area contributed by atoms with Crippen molar-refractivity contribution in [3.8, 4) is 5.75 Å². The number of carboxylic acid groups (broad SMARTS) is 1. The van der Waals surface area contributed by atoms with Gasteiger partial charge in [-0.3, -0.25) is 4.79 Å². The van der Waals surface area contributed by atoms with E-state index in [0.29, 0.717) is 17.9 Å². The van der Waals surface area contributed by atoms with E-state index < -0.39 is 12.1 Å². The largest absolute Gasteiger partial charge is 0.491 e. The molecule has 0 heterocycles. The van der Waals surface area contributed by atoms with Gasteiger partial charge in [-0.2, -0.15) is 0 Å². The van der Waals surface area contributed by atoms with Gasteiger partial charge < -0.3 is 24.4 Å². The average molecular weight is 298 g/mol. The summed E-state index contributed by atoms with van der Waals surface area (Å²) < 4.78 is 15.7. The van der Waals surface area contributed by atoms with Gasteiger partial charge in [0.1, 0.15) is 18.5 Å². The standard InChI is InChI=1S/C15H22O6/c1-11(8-19-2)20-9-13(16)10-21-14-5-3-12(4-6-14)7-15(17)18/h3-6,11,13,16H,7-10H2,1-2H3,(H,17,18). The smallest absolute Gasteiger partial charge is 0.307 e. The molecule has 0 aliphatic carbocycles. The Morgan fingerprint density at radius 2 is 1.86 bits per heavy atom. The van der Waals surface area contributed by atoms with Gasteiger partial charge in [0, 0.05) is 7.11 Å². The molecule has 118 valence electrons. The summed E-state index contributed by atoms with van der Waals surface area (Å²) in [7, 11) is 1.59. The minimum Gasteiger partial charge on any atom is -0.491 e. The number of methoxy groups -OCH3 is 1. The fourth-order valence-electron chi connectivity index (χ4n) is 1.68. The van der Waals surface area contributed by atoms with Crippen molar-refractivity contribution >= 4 is 5.97 Å². The first-order chi connectivity index (χ1) is 10.0. The Balaban J connectivity index is 2.29. The second-order valence-electron chi connectivity index (χ2n) is 4.78. The maximum Gasteiger partial charge on any atom is 0.307 e. The topological polar surface area (TPSA) is 85.2 Å². The molecule has 2 N–H and O–H groups in total. The third kappa shape index (κ3) is 7.65. The Labute approximate surface area is 124 Å². The molecule has 0 saturated carbocycles. The van der Waals surface area contributed by atoms with Gasteiger partial charge in [0.25, 0.3) is 0 Å². The van der Waals surface area contributed by atoms with Crippen molar-refractivity contribution < 1.29 is 29.2 Å². The van der Waals surface area contributed by atoms with E-state index in [1.165, 1.54) is 0 Å². The molecule has 21 heavy (non-hydrogen) atoms. The summed E-state index contributed by atoms with van der Waals surface area (Å²) in [5.74, 6) is -0.297. The molecule has 0 spiro atoms. The summed E-state index contributed by atoms with van der Waals surface area (Å²) in [5.41, 5.74) is 0.701. The second kappa shape index (κ2) is 9.33. The number of rotatable bonds is 10. The number of aliphatic hydroxyl groups is 1. The molecular weight excluding hydrogens is 276 g/mol. The van der Waals surface area contributed by atoms with Crippen LogP contribution < -0.4 is 4.74 Å². The van der Waals surface area contributed by atoms with Gasteiger partial charge in [-0.1, -0.05) is 12.1 Å². The molecule has 0 fully saturated rings. The number of aliphatic carboxylic acids is 1. The molecule has 6 nitrogen and oxygen atoms in total. The van der Waals surface area contributed by atoms with Crippen molar-refractivity contribution in [1.29, 1.82) is 0 Å². The third-order valence-corrected chi connectivity index (χ3v) is 2.70. The first-order valence-corrected chi connectivity index (χ1v) is 6.73. The number of aliphatic hydroxyl groups excluding tert-OH is 1. The summed E-state index contributed by atoms with van der Waals surface area (Å²) >= 11 is 0. The van der Waals surface area contributed by atoms with Gasteiger partial charge in [0.2, 0.25) is 0 Å². The lowest BCUT2D eigenvalue weighted by atomic mass is 10.1. The molecule has 0 amide bonds. The normalized spacial score (nSPS) is 13.7. The number of hydrogen-bond donors (Lipinski definition) is 2. The molecule has 1 aromatic carbocycles. The van der Waals surface area contributed by atoms with Crippen molar-refractivity contribution in [2.75, 3.05) is 26.9 Å². The molecular formula is C15H22O6. The Morgan fingerprint density at radius 1 is 1.19 bits per heavy atom. The summed E-state index contributed by atoms with van der Waals surface area (Å²) in [5, 5.41) is 18.4. The van der Waals surface area contributed by atoms with Crippen LogP contribution in [0.5, 0.6) is 5.75 Å². The van der Waals surface area contributed by atoms with Crippen LogP contribution in [0.4, 0.5) is 0 Å². The van der Waals surface area contributed by atoms with Gasteiger partial charge in [0.05, 0.1) is 25.7 Å². The van der Waals surface area contributed by atoms with Gasteiger partial charge in [0.15, 0.2) is 0 Å². The Bertz CT molecular complexity index is 417. The quantitative estimate of drug-likeness (QED) is 0.673. The van der Waals surface area contributed by atoms with Gasteiger partial charge in [-0.25, -0.2) is 0 Å². The highest BCUT2D eigenvalue weighted by atomic mass is 16.5. The Hall–Kier alpha value is -1.63. The first kappa shape index (κ1) is 17.4. The number of benzene rings is 1. The molecule has 0 bridgehead atoms. The van der Waals surface area contributed by atoms with Crippen molar-refractivity contribution in [2.24, 2.45) is 0 Å². The van der Waals surface area contributed by atoms with Crippen LogP contribution in [0.1, 0.15) is 12.5 Å². The summed E-state index contributed by atoms with van der Waals surface area (Å²) in [4.78, 5) is 10.6. The van der Waals surface area contributed by atoms with Crippen molar-refractivity contribution in [3.05, 3.63) is 29.8 Å². The van der Waals surface area contributed by atoms with E-state index in [4.69, 9.17) is 19.3 Å². The van der Waals surface area contributed by atoms with Crippen LogP contribution in [0.15, 0.2) is 24.3 Å². The van der Waals surface area contributed by atoms with Crippen LogP contribution in [-0.2, 0) is 20.7 Å². The lowest BCUT2D eigenvalue weighted by molar-refractivity contribution is -0.136. The minimum absolute atomic E-state index is 0.0197. The van der Waals surface area contributed by atoms with E-state index in [0.717, 1.165) is 0 Å². The molecule has 2 unspecified atom stereocenters. The molecule has 0 aromatic heterocycles. The van der Waals surface area contributed by atoms with Gasteiger partial charge in [-0.15, -0.1) is 0 Å². The molecule has 6 heteroatoms. The van der Waals surface area contributed by atoms with Crippen molar-refractivity contribution in [1.82, 2.24) is 0 Å². The predicted octanol–water partition coefficient (Wildman–Crippen LogP) is 1.10. The first-order valence-electron chi connectivity index (χ1n) is 6.73. The maximum atomic E-state index is 10.6. The van der Waals surface area contributed by atoms with Crippen LogP contribution >= 0.6 is 0 Å². The van der Waals surface area contributed by atoms with E-state index >= 15 is 0 Å². The van der Waals surface area contributed by atoms with Crippen LogP contribution in [0.25, 0.3) is 0 Å². The fourth-order valence-corrected chi connectivity index (χ4v) is 1.68. The van der Waals surface area contributed by atoms with Crippen LogP contribution in [0, 0.1) is 0 Å². The number of carboxylic acids is 1. The average Bonchev–Trinajstić information content (AvgIpc) is 2.44. The lowest BCUT2D eigenvalue weighted by Gasteiger charge is -2.16. The van der Waals surface area contributed by atoms with E-state index in [9.17, 15) is 9.90 Å². The zero-order valence-electron chi connectivity index (χ0n) is 12.3. The van der Waals surface area contributed by atoms with Crippen molar-refractivity contribution in [2.45, 2.75) is 25.6 Å². The monoisotopic (exact) mass is 298 g/mol. The predicted molar refractivity (Wildman–Crippen MR) is 76.6 cm³/mol. The minimum atomic E-state index is -0.874. The van der Waals surface area contributed by atoms with Crippen molar-refractivity contribution in [3.63, 3.8) is 0 Å². The zero-order chi connectivity index (χ0) is 15.7. The number of hydrogen-bond acceptors (Lipinski definition) is 5. The van der Waals surface area contributed by atoms with Gasteiger partial charge in [-0.05, 0) is 24.6 Å². The summed E-state index contributed by atoms with van der Waals surface area (Å²) in [6.07, 6.45) is -0.836. The van der Waals surface area contributed by atoms with Crippen LogP contribution in [-0.4, -0.2) is 55.3 Å². The van der Waals surface area contributed by atoms with E-state index in [2.05, 4.69) is 0 Å². The zero-order valence-corrected chi connectivity index (χ0v) is 12.3. The summed E-state index contributed by atoms with van der Waals surface area (Å²) in [6.45, 7) is 2.61. The molecule has 0 radical (unpaired) electrons. The summed E-state index contributed by atoms with van der Waals surface area (Å²) in [6, 6.07) is 6.73. The highest BCUT2D eigenvalue weighted by Crippen LogP contribution is 2.13. The van der Waals surface area contributed by atoms with Crippen LogP contribution in [0.2, 0.25) is 0 Å². The highest BCUT2D eigenvalue weighted by molar-refractivity contribution is 5.70. The molecule has 0 aliphatic rings. The third-order valence-electron chi connectivity index (χ3n) is 2.70. The van der Waals surface area contributed by atoms with E-state index in [1.807, 2.05) is 6.92 Å². The van der Waals surface area contributed by atoms with Gasteiger partial charge >= 0.3 is 5.97 Å². The van der Waals surface area contributed by atoms with Crippen LogP contribution in [0.3, 0.4) is 0 Å². The fraction of sp³-hybridized carbons (Fsp3) is 0.533. The molecule has 0 saturated heterocycles. The molecule has 0 aliphatic heterocycles. The Morgan fingerprint density at radius 3 is 2.43 bits per heavy atom. The number of carbonyl (C=O) groups is 1. The molecule has 1 rings (SSSR count). The van der Waals surface area contributed by atoms with E-state index in [-0.39, 0.29) is 25.7 Å². The highest BCUT2D eigenvalue weighted by Gasteiger charge is 2.09. The number of ether oxygens (including phenoxy) is 3. The molecule has 2 atom stereocenters. The lowest BCUT2D eigenvalue weighted by Crippen LogP contribution is -2.27.